The summed E-state index contributed by atoms with van der Waals surface area (Å²) in [7, 11) is 0. The minimum atomic E-state index is -4.53. The van der Waals surface area contributed by atoms with Crippen LogP contribution >= 0.6 is 0 Å². The molecule has 1 aromatic rings. The van der Waals surface area contributed by atoms with Gasteiger partial charge in [0.05, 0.1) is 24.9 Å². The van der Waals surface area contributed by atoms with E-state index in [2.05, 4.69) is 53.5 Å². The van der Waals surface area contributed by atoms with Crippen LogP contribution in [0.3, 0.4) is 0 Å². The number of aromatic nitrogens is 2. The Morgan fingerprint density at radius 3 is 2.35 bits per heavy atom. The zero-order valence-corrected chi connectivity index (χ0v) is 33.7. The number of aliphatic hydroxyl groups excluding tert-OH is 1. The standard InChI is InChI=1S/C42H61F3N4O6/c1-23(2)32(55-35(51)47-15-8-16-47)25-19-24(3)31-33(53-25)34(50)39(7)27-10-9-26-37(4,5)29(11-12-40(26)22-41(27,40)14-13-38(31,39)6)54-36(52)49-18-17-48-20-28(42(43,44)45)46-30(48)21-49/h20,23-27,29,31-34,50H,8-19,21-22H2,1-7H3/t24-,25-,26+,27+,29+,31+,32-,33+,34+,38-,39-,40-,41+/m1/s1. The first kappa shape index (κ1) is 38.0. The summed E-state index contributed by atoms with van der Waals surface area (Å²) in [6.07, 6.45) is 2.78. The number of hydrogen-bond donors (Lipinski definition) is 1. The van der Waals surface area contributed by atoms with Gasteiger partial charge in [-0.1, -0.05) is 48.5 Å². The predicted octanol–water partition coefficient (Wildman–Crippen LogP) is 7.90. The van der Waals surface area contributed by atoms with E-state index in [0.29, 0.717) is 17.8 Å². The second-order valence-corrected chi connectivity index (χ2v) is 20.5. The van der Waals surface area contributed by atoms with Crippen LogP contribution in [0.1, 0.15) is 118 Å². The average molecular weight is 775 g/mol. The van der Waals surface area contributed by atoms with E-state index < -0.39 is 24.1 Å². The van der Waals surface area contributed by atoms with Gasteiger partial charge in [-0.2, -0.15) is 13.2 Å². The highest BCUT2D eigenvalue weighted by Crippen LogP contribution is 2.89. The lowest BCUT2D eigenvalue weighted by atomic mass is 9.41. The van der Waals surface area contributed by atoms with Crippen molar-refractivity contribution in [2.24, 2.45) is 56.7 Å². The quantitative estimate of drug-likeness (QED) is 0.332. The maximum atomic E-state index is 13.6. The number of rotatable bonds is 4. The summed E-state index contributed by atoms with van der Waals surface area (Å²) in [5.74, 6) is 1.55. The van der Waals surface area contributed by atoms with Crippen molar-refractivity contribution in [2.75, 3.05) is 19.6 Å². The van der Waals surface area contributed by atoms with Crippen molar-refractivity contribution in [3.63, 3.8) is 0 Å². The van der Waals surface area contributed by atoms with E-state index in [9.17, 15) is 27.9 Å². The number of aliphatic hydroxyl groups is 1. The Bertz CT molecular complexity index is 1730. The van der Waals surface area contributed by atoms with Gasteiger partial charge in [-0.25, -0.2) is 14.6 Å². The molecule has 55 heavy (non-hydrogen) atoms. The number of halogens is 3. The number of ether oxygens (including phenoxy) is 3. The molecule has 4 heterocycles. The van der Waals surface area contributed by atoms with Gasteiger partial charge in [-0.15, -0.1) is 0 Å². The Morgan fingerprint density at radius 2 is 1.67 bits per heavy atom. The largest absolute Gasteiger partial charge is 0.446 e. The molecule has 0 radical (unpaired) electrons. The number of nitrogens with zero attached hydrogens (tertiary/aromatic N) is 4. The molecule has 8 aliphatic rings. The minimum Gasteiger partial charge on any atom is -0.446 e. The summed E-state index contributed by atoms with van der Waals surface area (Å²) in [5.41, 5.74) is -1.39. The maximum Gasteiger partial charge on any atom is 0.434 e. The van der Waals surface area contributed by atoms with Gasteiger partial charge < -0.3 is 28.8 Å². The van der Waals surface area contributed by atoms with Crippen LogP contribution in [0, 0.1) is 56.7 Å². The summed E-state index contributed by atoms with van der Waals surface area (Å²) >= 11 is 0. The van der Waals surface area contributed by atoms with Crippen LogP contribution in [-0.2, 0) is 33.5 Å². The van der Waals surface area contributed by atoms with Crippen LogP contribution < -0.4 is 0 Å². The second kappa shape index (κ2) is 12.2. The van der Waals surface area contributed by atoms with Gasteiger partial charge in [0.25, 0.3) is 0 Å². The van der Waals surface area contributed by atoms with Gasteiger partial charge in [-0.05, 0) is 104 Å². The zero-order valence-electron chi connectivity index (χ0n) is 33.7. The Morgan fingerprint density at radius 1 is 0.964 bits per heavy atom. The molecule has 1 N–H and O–H groups in total. The highest BCUT2D eigenvalue weighted by Gasteiger charge is 2.85. The summed E-state index contributed by atoms with van der Waals surface area (Å²) in [4.78, 5) is 33.6. The minimum absolute atomic E-state index is 0.00710. The molecule has 2 amide bonds. The molecule has 0 unspecified atom stereocenters. The number of carbonyl (C=O) groups is 2. The van der Waals surface area contributed by atoms with Crippen molar-refractivity contribution in [1.29, 1.82) is 0 Å². The first-order valence-corrected chi connectivity index (χ1v) is 21.2. The lowest BCUT2D eigenvalue weighted by molar-refractivity contribution is -0.185. The predicted molar refractivity (Wildman–Crippen MR) is 195 cm³/mol. The highest BCUT2D eigenvalue weighted by molar-refractivity contribution is 5.69. The lowest BCUT2D eigenvalue weighted by Gasteiger charge is -2.63. The number of likely N-dealkylation sites (tertiary alicyclic amines) is 1. The molecule has 13 heteroatoms. The maximum absolute atomic E-state index is 13.6. The van der Waals surface area contributed by atoms with E-state index >= 15 is 0 Å². The molecule has 7 fully saturated rings. The summed E-state index contributed by atoms with van der Waals surface area (Å²) in [6, 6.07) is 0. The van der Waals surface area contributed by atoms with Gasteiger partial charge >= 0.3 is 18.4 Å². The Labute approximate surface area is 323 Å². The summed E-state index contributed by atoms with van der Waals surface area (Å²) in [6.45, 7) is 17.8. The van der Waals surface area contributed by atoms with Crippen LogP contribution in [-0.4, -0.2) is 86.8 Å². The van der Waals surface area contributed by atoms with E-state index in [0.717, 1.165) is 77.1 Å². The SMILES string of the molecule is CC(C)[C@@H](OC(=O)N1CCC1)[C@H]1C[C@@H](C)[C@H]2[C@H](O1)[C@H](O)[C@@]1(C)[C@@H]3CC[C@H]4C(C)(C)[C@@H](OC(=O)N5CCn6cc(C(F)(F)F)nc6C5)CC[C@@]45C[C@@]35CC[C@]21C. The van der Waals surface area contributed by atoms with Crippen LogP contribution in [0.5, 0.6) is 0 Å². The molecule has 2 saturated heterocycles. The lowest BCUT2D eigenvalue weighted by Crippen LogP contribution is -2.60. The molecule has 0 bridgehead atoms. The van der Waals surface area contributed by atoms with Crippen molar-refractivity contribution < 1.29 is 42.1 Å². The summed E-state index contributed by atoms with van der Waals surface area (Å²) < 4.78 is 60.9. The van der Waals surface area contributed by atoms with Gasteiger partial charge in [0.2, 0.25) is 0 Å². The second-order valence-electron chi connectivity index (χ2n) is 20.5. The topological polar surface area (TPSA) is 106 Å². The molecular weight excluding hydrogens is 713 g/mol. The summed E-state index contributed by atoms with van der Waals surface area (Å²) in [5, 5.41) is 12.7. The fourth-order valence-corrected chi connectivity index (χ4v) is 14.8. The van der Waals surface area contributed by atoms with Gasteiger partial charge in [0.1, 0.15) is 18.0 Å². The van der Waals surface area contributed by atoms with Crippen LogP contribution in [0.4, 0.5) is 22.8 Å². The number of carbonyl (C=O) groups excluding carboxylic acids is 2. The average Bonchev–Trinajstić information content (AvgIpc) is 3.46. The van der Waals surface area contributed by atoms with Crippen molar-refractivity contribution in [3.05, 3.63) is 17.7 Å². The molecule has 3 aliphatic heterocycles. The first-order chi connectivity index (χ1) is 25.8. The highest BCUT2D eigenvalue weighted by atomic mass is 19.4. The third-order valence-electron chi connectivity index (χ3n) is 17.7. The molecule has 2 spiro atoms. The van der Waals surface area contributed by atoms with E-state index in [4.69, 9.17) is 14.2 Å². The van der Waals surface area contributed by atoms with E-state index in [1.54, 1.807) is 4.90 Å². The van der Waals surface area contributed by atoms with Crippen molar-refractivity contribution in [1.82, 2.24) is 19.4 Å². The normalized spacial score (nSPS) is 44.5. The van der Waals surface area contributed by atoms with Crippen molar-refractivity contribution in [3.8, 4) is 0 Å². The van der Waals surface area contributed by atoms with E-state index in [-0.39, 0.29) is 94.9 Å². The van der Waals surface area contributed by atoms with E-state index in [1.165, 1.54) is 9.47 Å². The zero-order chi connectivity index (χ0) is 39.2. The smallest absolute Gasteiger partial charge is 0.434 e. The number of fused-ring (bicyclic) bond motifs is 5. The van der Waals surface area contributed by atoms with Crippen molar-refractivity contribution >= 4 is 12.2 Å². The van der Waals surface area contributed by atoms with E-state index in [1.807, 2.05) is 0 Å². The van der Waals surface area contributed by atoms with Crippen molar-refractivity contribution in [2.45, 2.75) is 156 Å². The number of imidazole rings is 1. The fraction of sp³-hybridized carbons (Fsp3) is 0.881. The molecule has 306 valence electrons. The number of alkyl halides is 3. The molecule has 9 rings (SSSR count). The molecule has 13 atom stereocenters. The molecular formula is C42H61F3N4O6. The third kappa shape index (κ3) is 5.14. The molecule has 1 aromatic heterocycles. The van der Waals surface area contributed by atoms with Crippen LogP contribution in [0.25, 0.3) is 0 Å². The number of amides is 2. The Balaban J connectivity index is 0.915. The molecule has 10 nitrogen and oxygen atoms in total. The van der Waals surface area contributed by atoms with Gasteiger partial charge in [0.15, 0.2) is 5.69 Å². The first-order valence-electron chi connectivity index (χ1n) is 21.2. The molecule has 5 saturated carbocycles. The van der Waals surface area contributed by atoms with Crippen LogP contribution in [0.15, 0.2) is 6.20 Å². The fourth-order valence-electron chi connectivity index (χ4n) is 14.8. The molecule has 0 aromatic carbocycles. The number of hydrogen-bond acceptors (Lipinski definition) is 7. The van der Waals surface area contributed by atoms with Gasteiger partial charge in [0, 0.05) is 43.2 Å². The Hall–Kier alpha value is -2.54. The van der Waals surface area contributed by atoms with Crippen LogP contribution in [0.2, 0.25) is 0 Å². The van der Waals surface area contributed by atoms with Gasteiger partial charge in [-0.3, -0.25) is 4.90 Å². The molecule has 5 aliphatic carbocycles. The third-order valence-corrected chi connectivity index (χ3v) is 17.7. The Kier molecular flexibility index (Phi) is 8.46. The monoisotopic (exact) mass is 774 g/mol.